The molecule has 0 radical (unpaired) electrons. The molecule has 36 heavy (non-hydrogen) atoms. The van der Waals surface area contributed by atoms with Crippen LogP contribution in [0.3, 0.4) is 0 Å². The van der Waals surface area contributed by atoms with E-state index in [1.165, 1.54) is 36.3 Å². The molecule has 1 N–H and O–H groups in total. The molecule has 9 nitrogen and oxygen atoms in total. The van der Waals surface area contributed by atoms with Crippen LogP contribution in [0.1, 0.15) is 16.8 Å². The first kappa shape index (κ1) is 25.7. The number of hydrogen-bond donors (Lipinski definition) is 1. The molecule has 2 aliphatic rings. The van der Waals surface area contributed by atoms with Gasteiger partial charge < -0.3 is 19.7 Å². The van der Waals surface area contributed by atoms with Gasteiger partial charge >= 0.3 is 5.97 Å². The number of esters is 1. The van der Waals surface area contributed by atoms with Crippen LogP contribution < -0.4 is 10.2 Å². The third-order valence-electron chi connectivity index (χ3n) is 6.13. The van der Waals surface area contributed by atoms with Crippen molar-refractivity contribution < 1.29 is 28.2 Å². The number of halogens is 1. The predicted molar refractivity (Wildman–Crippen MR) is 135 cm³/mol. The van der Waals surface area contributed by atoms with Crippen molar-refractivity contribution in [3.05, 3.63) is 59.9 Å². The highest BCUT2D eigenvalue weighted by atomic mass is 32.1. The van der Waals surface area contributed by atoms with Crippen LogP contribution in [0, 0.1) is 5.82 Å². The monoisotopic (exact) mass is 514 g/mol. The molecule has 2 amide bonds. The van der Waals surface area contributed by atoms with Crippen LogP contribution in [0.4, 0.5) is 15.8 Å². The number of benzene rings is 2. The molecule has 190 valence electrons. The van der Waals surface area contributed by atoms with Gasteiger partial charge in [-0.1, -0.05) is 0 Å². The molecule has 0 spiro atoms. The summed E-state index contributed by atoms with van der Waals surface area (Å²) in [6.45, 7) is 3.96. The number of ether oxygens (including phenoxy) is 2. The number of nitrogens with zero attached hydrogens (tertiary/aromatic N) is 3. The highest BCUT2D eigenvalue weighted by molar-refractivity contribution is 7.80. The van der Waals surface area contributed by atoms with Crippen LogP contribution >= 0.6 is 12.2 Å². The van der Waals surface area contributed by atoms with Crippen LogP contribution in [-0.4, -0.2) is 85.2 Å². The van der Waals surface area contributed by atoms with Gasteiger partial charge in [-0.2, -0.15) is 0 Å². The second-order valence-electron chi connectivity index (χ2n) is 8.42. The zero-order valence-corrected chi connectivity index (χ0v) is 20.6. The van der Waals surface area contributed by atoms with Crippen molar-refractivity contribution in [2.75, 3.05) is 56.7 Å². The minimum atomic E-state index is -0.807. The highest BCUT2D eigenvalue weighted by Gasteiger charge is 2.44. The quantitative estimate of drug-likeness (QED) is 0.424. The maximum absolute atomic E-state index is 13.5. The number of carbonyl (C=O) groups is 3. The van der Waals surface area contributed by atoms with Crippen LogP contribution in [0.2, 0.25) is 0 Å². The third-order valence-corrected chi connectivity index (χ3v) is 6.55. The van der Waals surface area contributed by atoms with Crippen molar-refractivity contribution in [2.45, 2.75) is 12.5 Å². The minimum absolute atomic E-state index is 0.126. The Morgan fingerprint density at radius 3 is 2.39 bits per heavy atom. The summed E-state index contributed by atoms with van der Waals surface area (Å²) in [6, 6.07) is 11.0. The van der Waals surface area contributed by atoms with Gasteiger partial charge in [-0.15, -0.1) is 0 Å². The van der Waals surface area contributed by atoms with Crippen LogP contribution in [0.5, 0.6) is 0 Å². The Morgan fingerprint density at radius 1 is 1.08 bits per heavy atom. The van der Waals surface area contributed by atoms with Crippen LogP contribution in [0.25, 0.3) is 0 Å². The molecular weight excluding hydrogens is 487 g/mol. The summed E-state index contributed by atoms with van der Waals surface area (Å²) in [5.41, 5.74) is 1.29. The van der Waals surface area contributed by atoms with Gasteiger partial charge in [0.1, 0.15) is 11.9 Å². The molecule has 2 aromatic carbocycles. The van der Waals surface area contributed by atoms with Gasteiger partial charge in [0.25, 0.3) is 5.91 Å². The van der Waals surface area contributed by atoms with E-state index in [1.807, 2.05) is 0 Å². The van der Waals surface area contributed by atoms with E-state index in [4.69, 9.17) is 17.0 Å². The number of nitrogens with one attached hydrogen (secondary N) is 1. The average molecular weight is 515 g/mol. The summed E-state index contributed by atoms with van der Waals surface area (Å²) in [6.07, 6.45) is -0.126. The molecule has 2 aromatic rings. The molecule has 2 fully saturated rings. The van der Waals surface area contributed by atoms with Crippen LogP contribution in [-0.2, 0) is 19.1 Å². The van der Waals surface area contributed by atoms with Crippen molar-refractivity contribution >= 4 is 46.5 Å². The smallest absolute Gasteiger partial charge is 0.337 e. The lowest BCUT2D eigenvalue weighted by atomic mass is 10.1. The fourth-order valence-corrected chi connectivity index (χ4v) is 4.60. The fourth-order valence-electron chi connectivity index (χ4n) is 4.18. The van der Waals surface area contributed by atoms with Gasteiger partial charge in [0.2, 0.25) is 5.91 Å². The molecule has 0 saturated carbocycles. The summed E-state index contributed by atoms with van der Waals surface area (Å²) in [5, 5.41) is 3.05. The van der Waals surface area contributed by atoms with Gasteiger partial charge in [-0.3, -0.25) is 19.4 Å². The Hall–Kier alpha value is -3.41. The van der Waals surface area contributed by atoms with E-state index >= 15 is 0 Å². The number of carbonyl (C=O) groups excluding carboxylic acids is 3. The van der Waals surface area contributed by atoms with Crippen molar-refractivity contribution in [3.8, 4) is 0 Å². The lowest BCUT2D eigenvalue weighted by Crippen LogP contribution is -2.45. The average Bonchev–Trinajstić information content (AvgIpc) is 3.12. The van der Waals surface area contributed by atoms with Crippen molar-refractivity contribution in [1.29, 1.82) is 0 Å². The molecule has 0 aliphatic carbocycles. The number of thiocarbonyl (C=S) groups is 1. The Morgan fingerprint density at radius 2 is 1.75 bits per heavy atom. The van der Waals surface area contributed by atoms with Gasteiger partial charge in [0.15, 0.2) is 5.11 Å². The normalized spacial score (nSPS) is 18.4. The molecule has 11 heteroatoms. The summed E-state index contributed by atoms with van der Waals surface area (Å²) in [7, 11) is 1.29. The van der Waals surface area contributed by atoms with Gasteiger partial charge in [0, 0.05) is 31.9 Å². The second-order valence-corrected chi connectivity index (χ2v) is 8.78. The topological polar surface area (TPSA) is 91.4 Å². The van der Waals surface area contributed by atoms with Crippen LogP contribution in [0.15, 0.2) is 48.5 Å². The number of morpholine rings is 1. The standard InChI is InChI=1S/C25H27FN4O5S/c1-34-24(33)17-2-6-19(7-3-17)27-22(31)16-21-23(32)30(20-8-4-18(26)5-9-20)25(36)29(21)11-10-28-12-14-35-15-13-28/h2-9,21H,10-16H2,1H3,(H,27,31). The SMILES string of the molecule is COC(=O)c1ccc(NC(=O)CC2C(=O)N(c3ccc(F)cc3)C(=S)N2CCN2CCOCC2)cc1. The Kier molecular flexibility index (Phi) is 8.24. The van der Waals surface area contributed by atoms with Crippen molar-refractivity contribution in [1.82, 2.24) is 9.80 Å². The summed E-state index contributed by atoms with van der Waals surface area (Å²) < 4.78 is 23.6. The molecule has 2 aliphatic heterocycles. The predicted octanol–water partition coefficient (Wildman–Crippen LogP) is 2.28. The maximum Gasteiger partial charge on any atom is 0.337 e. The van der Waals surface area contributed by atoms with E-state index in [1.54, 1.807) is 29.2 Å². The van der Waals surface area contributed by atoms with E-state index in [9.17, 15) is 18.8 Å². The zero-order chi connectivity index (χ0) is 25.7. The van der Waals surface area contributed by atoms with Gasteiger partial charge in [0.05, 0.1) is 38.0 Å². The number of hydrogen-bond acceptors (Lipinski definition) is 7. The molecule has 0 bridgehead atoms. The molecule has 1 unspecified atom stereocenters. The molecule has 1 atom stereocenters. The van der Waals surface area contributed by atoms with Gasteiger partial charge in [-0.05, 0) is 60.7 Å². The molecule has 0 aromatic heterocycles. The van der Waals surface area contributed by atoms with E-state index in [2.05, 4.69) is 15.0 Å². The van der Waals surface area contributed by atoms with Crippen molar-refractivity contribution in [2.24, 2.45) is 0 Å². The highest BCUT2D eigenvalue weighted by Crippen LogP contribution is 2.27. The molecule has 4 rings (SSSR count). The lowest BCUT2D eigenvalue weighted by Gasteiger charge is -2.30. The maximum atomic E-state index is 13.5. The van der Waals surface area contributed by atoms with Gasteiger partial charge in [-0.25, -0.2) is 9.18 Å². The third kappa shape index (κ3) is 5.86. The second kappa shape index (κ2) is 11.5. The number of methoxy groups -OCH3 is 1. The zero-order valence-electron chi connectivity index (χ0n) is 19.8. The first-order valence-electron chi connectivity index (χ1n) is 11.6. The minimum Gasteiger partial charge on any atom is -0.465 e. The molecule has 2 heterocycles. The Bertz CT molecular complexity index is 1120. The summed E-state index contributed by atoms with van der Waals surface area (Å²) in [4.78, 5) is 43.3. The lowest BCUT2D eigenvalue weighted by molar-refractivity contribution is -0.124. The largest absolute Gasteiger partial charge is 0.465 e. The summed E-state index contributed by atoms with van der Waals surface area (Å²) in [5.74, 6) is -1.62. The van der Waals surface area contributed by atoms with E-state index < -0.39 is 17.8 Å². The first-order chi connectivity index (χ1) is 17.4. The first-order valence-corrected chi connectivity index (χ1v) is 12.0. The number of rotatable bonds is 8. The number of anilines is 2. The number of amides is 2. The van der Waals surface area contributed by atoms with E-state index in [-0.39, 0.29) is 23.3 Å². The van der Waals surface area contributed by atoms with E-state index in [0.717, 1.165) is 13.1 Å². The molecule has 2 saturated heterocycles. The molecular formula is C25H27FN4O5S. The fraction of sp³-hybridized carbons (Fsp3) is 0.360. The Labute approximate surface area is 213 Å². The summed E-state index contributed by atoms with van der Waals surface area (Å²) >= 11 is 5.65. The van der Waals surface area contributed by atoms with E-state index in [0.29, 0.717) is 43.2 Å². The van der Waals surface area contributed by atoms with Crippen molar-refractivity contribution in [3.63, 3.8) is 0 Å². The Balaban J connectivity index is 1.49.